The van der Waals surface area contributed by atoms with E-state index in [9.17, 15) is 0 Å². The van der Waals surface area contributed by atoms with E-state index in [-0.39, 0.29) is 6.04 Å². The second kappa shape index (κ2) is 5.65. The molecule has 2 aliphatic rings. The van der Waals surface area contributed by atoms with Gasteiger partial charge in [-0.1, -0.05) is 17.7 Å². The Kier molecular flexibility index (Phi) is 3.50. The number of rotatable bonds is 2. The van der Waals surface area contributed by atoms with Crippen LogP contribution in [0.5, 0.6) is 11.5 Å². The van der Waals surface area contributed by atoms with Gasteiger partial charge in [0.15, 0.2) is 11.5 Å². The second-order valence-corrected chi connectivity index (χ2v) is 5.84. The van der Waals surface area contributed by atoms with E-state index in [1.807, 2.05) is 6.07 Å². The number of hydrogen-bond acceptors (Lipinski definition) is 5. The van der Waals surface area contributed by atoms with Crippen LogP contribution in [-0.4, -0.2) is 29.7 Å². The molecule has 1 aromatic heterocycles. The Morgan fingerprint density at radius 2 is 2.00 bits per heavy atom. The molecule has 0 bridgehead atoms. The van der Waals surface area contributed by atoms with Crippen molar-refractivity contribution in [2.45, 2.75) is 18.9 Å². The summed E-state index contributed by atoms with van der Waals surface area (Å²) in [7, 11) is 0. The molecule has 1 fully saturated rings. The molecule has 1 unspecified atom stereocenters. The first-order chi connectivity index (χ1) is 10.8. The third kappa shape index (κ3) is 2.46. The van der Waals surface area contributed by atoms with Crippen molar-refractivity contribution >= 4 is 17.4 Å². The average Bonchev–Trinajstić information content (AvgIpc) is 3.04. The normalized spacial score (nSPS) is 20.2. The van der Waals surface area contributed by atoms with E-state index in [2.05, 4.69) is 27.0 Å². The Bertz CT molecular complexity index is 695. The van der Waals surface area contributed by atoms with Crippen LogP contribution in [0, 0.1) is 0 Å². The molecule has 0 radical (unpaired) electrons. The van der Waals surface area contributed by atoms with Crippen molar-refractivity contribution in [2.75, 3.05) is 24.7 Å². The number of fused-ring (bicyclic) bond motifs is 1. The zero-order chi connectivity index (χ0) is 14.9. The fraction of sp³-hybridized carbons (Fsp3) is 0.375. The first-order valence-electron chi connectivity index (χ1n) is 7.45. The van der Waals surface area contributed by atoms with Gasteiger partial charge in [-0.05, 0) is 30.5 Å². The molecule has 5 nitrogen and oxygen atoms in total. The van der Waals surface area contributed by atoms with E-state index < -0.39 is 0 Å². The Balaban J connectivity index is 1.66. The number of halogens is 1. The number of benzene rings is 1. The number of hydrogen-bond donors (Lipinski definition) is 0. The van der Waals surface area contributed by atoms with E-state index in [0.29, 0.717) is 18.4 Å². The predicted molar refractivity (Wildman–Crippen MR) is 83.8 cm³/mol. The van der Waals surface area contributed by atoms with E-state index >= 15 is 0 Å². The van der Waals surface area contributed by atoms with Crippen LogP contribution in [0.4, 0.5) is 5.82 Å². The fourth-order valence-electron chi connectivity index (χ4n) is 3.13. The molecule has 114 valence electrons. The second-order valence-electron chi connectivity index (χ2n) is 5.45. The Morgan fingerprint density at radius 3 is 2.86 bits per heavy atom. The van der Waals surface area contributed by atoms with Crippen LogP contribution >= 0.6 is 11.6 Å². The van der Waals surface area contributed by atoms with E-state index in [1.165, 1.54) is 5.56 Å². The Morgan fingerprint density at radius 1 is 1.14 bits per heavy atom. The van der Waals surface area contributed by atoms with E-state index in [4.69, 9.17) is 21.1 Å². The molecule has 0 N–H and O–H groups in total. The molecule has 3 heterocycles. The lowest BCUT2D eigenvalue weighted by Gasteiger charge is -2.27. The minimum absolute atomic E-state index is 0.267. The van der Waals surface area contributed by atoms with E-state index in [0.717, 1.165) is 36.7 Å². The van der Waals surface area contributed by atoms with Crippen LogP contribution in [0.25, 0.3) is 0 Å². The highest BCUT2D eigenvalue weighted by Crippen LogP contribution is 2.39. The third-order valence-electron chi connectivity index (χ3n) is 4.09. The largest absolute Gasteiger partial charge is 0.486 e. The molecule has 4 rings (SSSR count). The fourth-order valence-corrected chi connectivity index (χ4v) is 3.27. The van der Waals surface area contributed by atoms with Crippen LogP contribution in [-0.2, 0) is 0 Å². The van der Waals surface area contributed by atoms with Gasteiger partial charge in [0.05, 0.1) is 18.4 Å². The molecular formula is C16H16ClN3O2. The quantitative estimate of drug-likeness (QED) is 0.851. The summed E-state index contributed by atoms with van der Waals surface area (Å²) in [4.78, 5) is 10.8. The van der Waals surface area contributed by atoms with Crippen molar-refractivity contribution in [1.82, 2.24) is 9.97 Å². The molecule has 1 aromatic carbocycles. The van der Waals surface area contributed by atoms with Crippen molar-refractivity contribution in [3.8, 4) is 11.5 Å². The topological polar surface area (TPSA) is 47.5 Å². The number of anilines is 1. The molecule has 0 saturated carbocycles. The van der Waals surface area contributed by atoms with Gasteiger partial charge in [0.2, 0.25) is 0 Å². The third-order valence-corrected chi connectivity index (χ3v) is 4.27. The van der Waals surface area contributed by atoms with Gasteiger partial charge in [0, 0.05) is 6.54 Å². The van der Waals surface area contributed by atoms with Crippen LogP contribution in [0.1, 0.15) is 24.4 Å². The maximum absolute atomic E-state index is 5.98. The van der Waals surface area contributed by atoms with Gasteiger partial charge in [0.1, 0.15) is 24.2 Å². The zero-order valence-corrected chi connectivity index (χ0v) is 12.8. The van der Waals surface area contributed by atoms with Crippen molar-refractivity contribution in [1.29, 1.82) is 0 Å². The summed E-state index contributed by atoms with van der Waals surface area (Å²) < 4.78 is 11.3. The zero-order valence-electron chi connectivity index (χ0n) is 12.0. The minimum Gasteiger partial charge on any atom is -0.486 e. The van der Waals surface area contributed by atoms with Crippen molar-refractivity contribution < 1.29 is 9.47 Å². The van der Waals surface area contributed by atoms with Crippen molar-refractivity contribution in [3.63, 3.8) is 0 Å². The van der Waals surface area contributed by atoms with Crippen LogP contribution in [0.2, 0.25) is 5.15 Å². The Hall–Kier alpha value is -2.01. The molecule has 2 aromatic rings. The first kappa shape index (κ1) is 13.6. The predicted octanol–water partition coefficient (Wildman–Crippen LogP) is 3.24. The lowest BCUT2D eigenvalue weighted by atomic mass is 10.0. The van der Waals surface area contributed by atoms with Gasteiger partial charge >= 0.3 is 0 Å². The summed E-state index contributed by atoms with van der Waals surface area (Å²) in [6.45, 7) is 2.17. The lowest BCUT2D eigenvalue weighted by molar-refractivity contribution is 0.171. The Labute approximate surface area is 133 Å². The maximum Gasteiger partial charge on any atom is 0.161 e. The van der Waals surface area contributed by atoms with Crippen LogP contribution in [0.15, 0.2) is 30.6 Å². The molecule has 0 aliphatic carbocycles. The van der Waals surface area contributed by atoms with Gasteiger partial charge in [-0.2, -0.15) is 0 Å². The van der Waals surface area contributed by atoms with Crippen molar-refractivity contribution in [2.24, 2.45) is 0 Å². The summed E-state index contributed by atoms with van der Waals surface area (Å²) in [5, 5.41) is 0.422. The highest BCUT2D eigenvalue weighted by Gasteiger charge is 2.28. The SMILES string of the molecule is Clc1cncc(N2CCCC2c2ccc3c(c2)OCCO3)n1. The standard InChI is InChI=1S/C16H16ClN3O2/c17-15-9-18-10-16(19-15)20-5-1-2-12(20)11-3-4-13-14(8-11)22-7-6-21-13/h3-4,8-10,12H,1-2,5-7H2. The summed E-state index contributed by atoms with van der Waals surface area (Å²) >= 11 is 5.98. The number of nitrogens with zero attached hydrogens (tertiary/aromatic N) is 3. The first-order valence-corrected chi connectivity index (χ1v) is 7.83. The molecule has 0 spiro atoms. The summed E-state index contributed by atoms with van der Waals surface area (Å²) in [6.07, 6.45) is 5.52. The highest BCUT2D eigenvalue weighted by atomic mass is 35.5. The molecule has 22 heavy (non-hydrogen) atoms. The maximum atomic E-state index is 5.98. The molecule has 1 atom stereocenters. The van der Waals surface area contributed by atoms with E-state index in [1.54, 1.807) is 12.4 Å². The molecule has 2 aliphatic heterocycles. The molecular weight excluding hydrogens is 302 g/mol. The number of aromatic nitrogens is 2. The molecule has 6 heteroatoms. The van der Waals surface area contributed by atoms with Gasteiger partial charge in [-0.3, -0.25) is 4.98 Å². The monoisotopic (exact) mass is 317 g/mol. The van der Waals surface area contributed by atoms with Gasteiger partial charge < -0.3 is 14.4 Å². The van der Waals surface area contributed by atoms with Gasteiger partial charge in [-0.25, -0.2) is 4.98 Å². The summed E-state index contributed by atoms with van der Waals surface area (Å²) in [5.74, 6) is 2.47. The van der Waals surface area contributed by atoms with Crippen LogP contribution in [0.3, 0.4) is 0 Å². The highest BCUT2D eigenvalue weighted by molar-refractivity contribution is 6.29. The minimum atomic E-state index is 0.267. The van der Waals surface area contributed by atoms with Crippen molar-refractivity contribution in [3.05, 3.63) is 41.3 Å². The molecule has 1 saturated heterocycles. The van der Waals surface area contributed by atoms with Crippen LogP contribution < -0.4 is 14.4 Å². The summed E-state index contributed by atoms with van der Waals surface area (Å²) in [5.41, 5.74) is 1.21. The molecule has 0 amide bonds. The number of ether oxygens (including phenoxy) is 2. The smallest absolute Gasteiger partial charge is 0.161 e. The summed E-state index contributed by atoms with van der Waals surface area (Å²) in [6, 6.07) is 6.44. The van der Waals surface area contributed by atoms with Gasteiger partial charge in [0.25, 0.3) is 0 Å². The average molecular weight is 318 g/mol. The lowest BCUT2D eigenvalue weighted by Crippen LogP contribution is -2.24. The van der Waals surface area contributed by atoms with Gasteiger partial charge in [-0.15, -0.1) is 0 Å².